The molecule has 2 aromatic heterocycles. The first-order valence-corrected chi connectivity index (χ1v) is 8.75. The van der Waals surface area contributed by atoms with Crippen molar-refractivity contribution in [2.45, 2.75) is 40.7 Å². The molecule has 0 fully saturated rings. The average Bonchev–Trinajstić information content (AvgIpc) is 3.18. The average molecular weight is 361 g/mol. The highest BCUT2D eigenvalue weighted by atomic mass is 16.4. The highest BCUT2D eigenvalue weighted by Gasteiger charge is 2.16. The molecule has 0 saturated heterocycles. The zero-order valence-corrected chi connectivity index (χ0v) is 16.0. The second-order valence-electron chi connectivity index (χ2n) is 6.18. The number of furan rings is 1. The van der Waals surface area contributed by atoms with Gasteiger partial charge in [0.05, 0.1) is 18.7 Å². The Morgan fingerprint density at radius 1 is 1.19 bits per heavy atom. The number of aryl methyl sites for hydroxylation is 2. The van der Waals surface area contributed by atoms with E-state index < -0.39 is 5.91 Å². The summed E-state index contributed by atoms with van der Waals surface area (Å²) in [4.78, 5) is 26.4. The molecule has 0 aliphatic carbocycles. The third-order valence-corrected chi connectivity index (χ3v) is 4.47. The van der Waals surface area contributed by atoms with Crippen molar-refractivity contribution < 1.29 is 14.0 Å². The van der Waals surface area contributed by atoms with E-state index in [1.54, 1.807) is 16.8 Å². The van der Waals surface area contributed by atoms with Crippen molar-refractivity contribution in [3.63, 3.8) is 0 Å². The molecule has 2 rings (SSSR count). The van der Waals surface area contributed by atoms with Gasteiger partial charge in [-0.05, 0) is 39.1 Å². The molecule has 0 bridgehead atoms. The van der Waals surface area contributed by atoms with Crippen molar-refractivity contribution in [1.82, 2.24) is 25.5 Å². The summed E-state index contributed by atoms with van der Waals surface area (Å²) in [6, 6.07) is 3.38. The van der Waals surface area contributed by atoms with Gasteiger partial charge in [0.25, 0.3) is 0 Å². The summed E-state index contributed by atoms with van der Waals surface area (Å²) < 4.78 is 7.29. The molecular weight excluding hydrogens is 334 g/mol. The van der Waals surface area contributed by atoms with Gasteiger partial charge in [-0.15, -0.1) is 0 Å². The Bertz CT molecular complexity index is 774. The maximum absolute atomic E-state index is 12.1. The summed E-state index contributed by atoms with van der Waals surface area (Å²) in [7, 11) is 1.83. The molecule has 0 aromatic carbocycles. The summed E-state index contributed by atoms with van der Waals surface area (Å²) in [6.45, 7) is 10.4. The van der Waals surface area contributed by atoms with E-state index >= 15 is 0 Å². The van der Waals surface area contributed by atoms with E-state index in [-0.39, 0.29) is 18.1 Å². The molecule has 8 heteroatoms. The van der Waals surface area contributed by atoms with Crippen molar-refractivity contribution in [3.8, 4) is 0 Å². The molecule has 0 atom stereocenters. The number of rotatable bonds is 7. The minimum atomic E-state index is -0.483. The highest BCUT2D eigenvalue weighted by molar-refractivity contribution is 5.93. The molecule has 0 unspecified atom stereocenters. The smallest absolute Gasteiger partial charge is 0.305 e. The van der Waals surface area contributed by atoms with Crippen LogP contribution in [-0.2, 0) is 24.8 Å². The predicted octanol–water partition coefficient (Wildman–Crippen LogP) is 1.48. The lowest BCUT2D eigenvalue weighted by Crippen LogP contribution is -2.42. The minimum absolute atomic E-state index is 0.150. The van der Waals surface area contributed by atoms with Gasteiger partial charge in [0.15, 0.2) is 5.76 Å². The van der Waals surface area contributed by atoms with E-state index in [1.807, 2.05) is 20.9 Å². The molecule has 8 nitrogen and oxygen atoms in total. The number of amides is 2. The first kappa shape index (κ1) is 19.7. The number of carbonyl (C=O) groups is 2. The van der Waals surface area contributed by atoms with Gasteiger partial charge in [-0.3, -0.25) is 30.0 Å². The monoisotopic (exact) mass is 361 g/mol. The Morgan fingerprint density at radius 2 is 1.88 bits per heavy atom. The van der Waals surface area contributed by atoms with Crippen LogP contribution in [0.1, 0.15) is 47.1 Å². The Kier molecular flexibility index (Phi) is 6.57. The minimum Gasteiger partial charge on any atom is -0.454 e. The maximum Gasteiger partial charge on any atom is 0.305 e. The Morgan fingerprint density at radius 3 is 2.46 bits per heavy atom. The van der Waals surface area contributed by atoms with Crippen molar-refractivity contribution >= 4 is 11.8 Å². The molecule has 0 radical (unpaired) electrons. The van der Waals surface area contributed by atoms with Gasteiger partial charge >= 0.3 is 5.91 Å². The second kappa shape index (κ2) is 8.66. The van der Waals surface area contributed by atoms with E-state index in [9.17, 15) is 9.59 Å². The SMILES string of the molecule is CCN(CC)Cc1ccc(C(=O)NNC(=O)Cc2c(C)nn(C)c2C)o1. The van der Waals surface area contributed by atoms with Crippen LogP contribution in [0.15, 0.2) is 16.5 Å². The number of hydrazine groups is 1. The van der Waals surface area contributed by atoms with E-state index in [1.165, 1.54) is 0 Å². The van der Waals surface area contributed by atoms with Crippen LogP contribution in [0.3, 0.4) is 0 Å². The molecule has 2 aromatic rings. The first-order chi connectivity index (χ1) is 12.3. The molecule has 2 N–H and O–H groups in total. The quantitative estimate of drug-likeness (QED) is 0.729. The molecule has 0 aliphatic heterocycles. The normalized spacial score (nSPS) is 11.0. The molecule has 0 spiro atoms. The summed E-state index contributed by atoms with van der Waals surface area (Å²) in [5.41, 5.74) is 7.40. The van der Waals surface area contributed by atoms with Crippen molar-refractivity contribution in [3.05, 3.63) is 40.6 Å². The van der Waals surface area contributed by atoms with Crippen LogP contribution in [-0.4, -0.2) is 39.6 Å². The molecule has 142 valence electrons. The van der Waals surface area contributed by atoms with E-state index in [4.69, 9.17) is 4.42 Å². The number of aromatic nitrogens is 2. The largest absolute Gasteiger partial charge is 0.454 e. The van der Waals surface area contributed by atoms with Gasteiger partial charge in [0.2, 0.25) is 5.91 Å². The van der Waals surface area contributed by atoms with E-state index in [2.05, 4.69) is 34.7 Å². The number of nitrogens with zero attached hydrogens (tertiary/aromatic N) is 3. The van der Waals surface area contributed by atoms with Crippen LogP contribution < -0.4 is 10.9 Å². The van der Waals surface area contributed by atoms with Gasteiger partial charge < -0.3 is 4.42 Å². The predicted molar refractivity (Wildman–Crippen MR) is 97.3 cm³/mol. The van der Waals surface area contributed by atoms with Crippen LogP contribution in [0, 0.1) is 13.8 Å². The maximum atomic E-state index is 12.1. The van der Waals surface area contributed by atoms with Gasteiger partial charge in [-0.25, -0.2) is 0 Å². The fourth-order valence-electron chi connectivity index (χ4n) is 2.72. The van der Waals surface area contributed by atoms with Gasteiger partial charge in [0.1, 0.15) is 5.76 Å². The highest BCUT2D eigenvalue weighted by Crippen LogP contribution is 2.12. The molecule has 0 aliphatic rings. The lowest BCUT2D eigenvalue weighted by Gasteiger charge is -2.15. The third-order valence-electron chi connectivity index (χ3n) is 4.47. The number of hydrogen-bond donors (Lipinski definition) is 2. The zero-order valence-electron chi connectivity index (χ0n) is 16.0. The van der Waals surface area contributed by atoms with Crippen LogP contribution >= 0.6 is 0 Å². The van der Waals surface area contributed by atoms with Crippen molar-refractivity contribution in [2.24, 2.45) is 7.05 Å². The van der Waals surface area contributed by atoms with Gasteiger partial charge in [0, 0.05) is 18.3 Å². The number of hydrogen-bond acceptors (Lipinski definition) is 5. The second-order valence-corrected chi connectivity index (χ2v) is 6.18. The summed E-state index contributed by atoms with van der Waals surface area (Å²) in [6.07, 6.45) is 0.150. The zero-order chi connectivity index (χ0) is 19.3. The Hall–Kier alpha value is -2.61. The number of carbonyl (C=O) groups excluding carboxylic acids is 2. The van der Waals surface area contributed by atoms with Gasteiger partial charge in [-0.2, -0.15) is 5.10 Å². The molecule has 2 amide bonds. The fourth-order valence-corrected chi connectivity index (χ4v) is 2.72. The van der Waals surface area contributed by atoms with E-state index in [0.29, 0.717) is 12.3 Å². The Balaban J connectivity index is 1.88. The van der Waals surface area contributed by atoms with Crippen molar-refractivity contribution in [2.75, 3.05) is 13.1 Å². The van der Waals surface area contributed by atoms with E-state index in [0.717, 1.165) is 30.0 Å². The summed E-state index contributed by atoms with van der Waals surface area (Å²) >= 11 is 0. The van der Waals surface area contributed by atoms with Crippen LogP contribution in [0.4, 0.5) is 0 Å². The lowest BCUT2D eigenvalue weighted by molar-refractivity contribution is -0.121. The first-order valence-electron chi connectivity index (χ1n) is 8.75. The van der Waals surface area contributed by atoms with Crippen LogP contribution in [0.5, 0.6) is 0 Å². The standard InChI is InChI=1S/C18H27N5O3/c1-6-23(7-2)11-14-8-9-16(26-14)18(25)20-19-17(24)10-15-12(3)21-22(5)13(15)4/h8-9H,6-7,10-11H2,1-5H3,(H,19,24)(H,20,25). The summed E-state index contributed by atoms with van der Waals surface area (Å²) in [5, 5.41) is 4.28. The molecule has 2 heterocycles. The molecule has 26 heavy (non-hydrogen) atoms. The number of nitrogens with one attached hydrogen (secondary N) is 2. The molecular formula is C18H27N5O3. The Labute approximate surface area is 153 Å². The van der Waals surface area contributed by atoms with Crippen LogP contribution in [0.2, 0.25) is 0 Å². The summed E-state index contributed by atoms with van der Waals surface area (Å²) in [5.74, 6) is 0.0872. The topological polar surface area (TPSA) is 92.4 Å². The van der Waals surface area contributed by atoms with Crippen LogP contribution in [0.25, 0.3) is 0 Å². The van der Waals surface area contributed by atoms with Crippen molar-refractivity contribution in [1.29, 1.82) is 0 Å². The lowest BCUT2D eigenvalue weighted by atomic mass is 10.1. The third kappa shape index (κ3) is 4.72. The fraction of sp³-hybridized carbons (Fsp3) is 0.500. The molecule has 0 saturated carbocycles. The van der Waals surface area contributed by atoms with Gasteiger partial charge in [-0.1, -0.05) is 13.8 Å².